The van der Waals surface area contributed by atoms with Gasteiger partial charge in [0.1, 0.15) is 20.2 Å². The minimum Gasteiger partial charge on any atom is -0.744 e. The summed E-state index contributed by atoms with van der Waals surface area (Å²) in [6, 6.07) is 1.41. The molecular formula is C7H4N2Na2O6S2. The van der Waals surface area contributed by atoms with Gasteiger partial charge in [-0.05, 0) is 12.1 Å². The summed E-state index contributed by atoms with van der Waals surface area (Å²) in [6.45, 7) is 0. The van der Waals surface area contributed by atoms with Crippen molar-refractivity contribution >= 4 is 31.3 Å². The van der Waals surface area contributed by atoms with Crippen LogP contribution in [0.5, 0.6) is 0 Å². The Bertz CT molecular complexity index is 798. The van der Waals surface area contributed by atoms with Crippen molar-refractivity contribution in [3.05, 3.63) is 18.5 Å². The van der Waals surface area contributed by atoms with E-state index in [-0.39, 0.29) is 70.1 Å². The van der Waals surface area contributed by atoms with Gasteiger partial charge >= 0.3 is 59.1 Å². The van der Waals surface area contributed by atoms with Gasteiger partial charge in [-0.15, -0.1) is 0 Å². The second-order valence-corrected chi connectivity index (χ2v) is 5.85. The number of fused-ring (bicyclic) bond motifs is 1. The molecule has 2 rings (SSSR count). The third kappa shape index (κ3) is 4.24. The number of hydrogen-bond acceptors (Lipinski definition) is 7. The molecule has 1 N–H and O–H groups in total. The van der Waals surface area contributed by atoms with Gasteiger partial charge in [0, 0.05) is 0 Å². The zero-order valence-electron chi connectivity index (χ0n) is 9.95. The maximum Gasteiger partial charge on any atom is 1.00 e. The van der Waals surface area contributed by atoms with Gasteiger partial charge < -0.3 is 14.1 Å². The number of rotatable bonds is 2. The number of H-pyrrole nitrogens is 1. The summed E-state index contributed by atoms with van der Waals surface area (Å²) in [5, 5.41) is 0. The standard InChI is InChI=1S/C7H6N2O6S2.2Na/c10-16(11,12)4-1-5-7(9-3-8-5)6(2-4)17(13,14)15;;/h1-3H,(H,8,9)(H,10,11,12)(H,13,14,15);;/q;2*+1/p-2. The smallest absolute Gasteiger partial charge is 0.744 e. The summed E-state index contributed by atoms with van der Waals surface area (Å²) in [5.74, 6) is 0. The quantitative estimate of drug-likeness (QED) is 0.427. The molecule has 0 saturated carbocycles. The number of imidazole rings is 1. The van der Waals surface area contributed by atoms with E-state index in [1.165, 1.54) is 0 Å². The SMILES string of the molecule is O=S(=O)([O-])c1cc(S(=O)(=O)[O-])c2[nH]cnc2c1.[Na+].[Na+]. The van der Waals surface area contributed by atoms with Crippen molar-refractivity contribution in [2.75, 3.05) is 0 Å². The van der Waals surface area contributed by atoms with Crippen LogP contribution in [0.4, 0.5) is 0 Å². The van der Waals surface area contributed by atoms with E-state index in [9.17, 15) is 25.9 Å². The fourth-order valence-electron chi connectivity index (χ4n) is 1.33. The van der Waals surface area contributed by atoms with Gasteiger partial charge in [0.05, 0.1) is 27.2 Å². The van der Waals surface area contributed by atoms with Gasteiger partial charge in [-0.2, -0.15) is 0 Å². The van der Waals surface area contributed by atoms with Crippen LogP contribution in [0.3, 0.4) is 0 Å². The van der Waals surface area contributed by atoms with E-state index < -0.39 is 30.0 Å². The Labute approximate surface area is 153 Å². The molecule has 0 saturated heterocycles. The molecular weight excluding hydrogens is 318 g/mol. The molecule has 0 fully saturated rings. The van der Waals surface area contributed by atoms with Gasteiger partial charge in [-0.1, -0.05) is 0 Å². The minimum absolute atomic E-state index is 0. The summed E-state index contributed by atoms with van der Waals surface area (Å²) >= 11 is 0. The van der Waals surface area contributed by atoms with Crippen LogP contribution in [0.25, 0.3) is 11.0 Å². The van der Waals surface area contributed by atoms with E-state index in [0.29, 0.717) is 6.07 Å². The summed E-state index contributed by atoms with van der Waals surface area (Å²) in [7, 11) is -9.77. The van der Waals surface area contributed by atoms with Gasteiger partial charge in [-0.25, -0.2) is 21.8 Å². The molecule has 0 spiro atoms. The molecule has 19 heavy (non-hydrogen) atoms. The van der Waals surface area contributed by atoms with Gasteiger partial charge in [0.25, 0.3) is 0 Å². The Morgan fingerprint density at radius 1 is 1.00 bits per heavy atom. The van der Waals surface area contributed by atoms with E-state index in [0.717, 1.165) is 12.4 Å². The van der Waals surface area contributed by atoms with Gasteiger partial charge in [0.15, 0.2) is 0 Å². The summed E-state index contributed by atoms with van der Waals surface area (Å²) in [5.41, 5.74) is -0.219. The largest absolute Gasteiger partial charge is 1.00 e. The van der Waals surface area contributed by atoms with Crippen LogP contribution < -0.4 is 59.1 Å². The molecule has 0 amide bonds. The number of benzene rings is 1. The van der Waals surface area contributed by atoms with E-state index in [1.807, 2.05) is 0 Å². The Morgan fingerprint density at radius 3 is 2.05 bits per heavy atom. The van der Waals surface area contributed by atoms with Gasteiger partial charge in [0.2, 0.25) is 0 Å². The number of nitrogens with one attached hydrogen (secondary N) is 1. The normalized spacial score (nSPS) is 11.7. The molecule has 1 aromatic heterocycles. The Hall–Kier alpha value is 0.510. The fourth-order valence-corrected chi connectivity index (χ4v) is 2.61. The molecule has 0 aliphatic heterocycles. The Balaban J connectivity index is 0.00000162. The van der Waals surface area contributed by atoms with E-state index in [4.69, 9.17) is 0 Å². The van der Waals surface area contributed by atoms with Crippen molar-refractivity contribution in [2.24, 2.45) is 0 Å². The zero-order chi connectivity index (χ0) is 12.8. The number of hydrogen-bond donors (Lipinski definition) is 1. The first kappa shape index (κ1) is 19.5. The van der Waals surface area contributed by atoms with Gasteiger partial charge in [-0.3, -0.25) is 0 Å². The van der Waals surface area contributed by atoms with Crippen molar-refractivity contribution in [1.82, 2.24) is 9.97 Å². The molecule has 12 heteroatoms. The molecule has 0 radical (unpaired) electrons. The molecule has 1 aromatic carbocycles. The first-order valence-electron chi connectivity index (χ1n) is 4.08. The van der Waals surface area contributed by atoms with E-state index >= 15 is 0 Å². The maximum absolute atomic E-state index is 10.9. The second-order valence-electron chi connectivity index (χ2n) is 3.13. The van der Waals surface area contributed by atoms with E-state index in [2.05, 4.69) is 9.97 Å². The average molecular weight is 322 g/mol. The Kier molecular flexibility index (Phi) is 6.69. The van der Waals surface area contributed by atoms with Crippen LogP contribution in [-0.4, -0.2) is 35.9 Å². The van der Waals surface area contributed by atoms with Crippen molar-refractivity contribution in [3.8, 4) is 0 Å². The van der Waals surface area contributed by atoms with Crippen molar-refractivity contribution in [2.45, 2.75) is 9.79 Å². The monoisotopic (exact) mass is 322 g/mol. The Morgan fingerprint density at radius 2 is 1.58 bits per heavy atom. The van der Waals surface area contributed by atoms with Crippen molar-refractivity contribution < 1.29 is 85.1 Å². The molecule has 0 aliphatic carbocycles. The number of nitrogens with zero attached hydrogens (tertiary/aromatic N) is 1. The molecule has 0 bridgehead atoms. The maximum atomic E-state index is 10.9. The molecule has 0 unspecified atom stereocenters. The summed E-state index contributed by atoms with van der Waals surface area (Å²) in [6.07, 6.45) is 1.08. The zero-order valence-corrected chi connectivity index (χ0v) is 15.6. The molecule has 0 aliphatic rings. The summed E-state index contributed by atoms with van der Waals surface area (Å²) < 4.78 is 65.1. The molecule has 1 heterocycles. The third-order valence-electron chi connectivity index (χ3n) is 2.03. The average Bonchev–Trinajstić information content (AvgIpc) is 2.59. The van der Waals surface area contributed by atoms with Crippen LogP contribution in [0, 0.1) is 0 Å². The van der Waals surface area contributed by atoms with Crippen LogP contribution in [-0.2, 0) is 20.2 Å². The predicted molar refractivity (Wildman–Crippen MR) is 52.0 cm³/mol. The van der Waals surface area contributed by atoms with Crippen LogP contribution in [0.15, 0.2) is 28.3 Å². The topological polar surface area (TPSA) is 143 Å². The second kappa shape index (κ2) is 6.52. The van der Waals surface area contributed by atoms with Crippen LogP contribution >= 0.6 is 0 Å². The first-order chi connectivity index (χ1) is 7.69. The number of aromatic amines is 1. The van der Waals surface area contributed by atoms with Crippen LogP contribution in [0.2, 0.25) is 0 Å². The number of aromatic nitrogens is 2. The van der Waals surface area contributed by atoms with Crippen molar-refractivity contribution in [3.63, 3.8) is 0 Å². The van der Waals surface area contributed by atoms with Crippen LogP contribution in [0.1, 0.15) is 0 Å². The fraction of sp³-hybridized carbons (Fsp3) is 0. The molecule has 92 valence electrons. The molecule has 8 nitrogen and oxygen atoms in total. The summed E-state index contributed by atoms with van der Waals surface area (Å²) in [4.78, 5) is 4.36. The van der Waals surface area contributed by atoms with Crippen molar-refractivity contribution in [1.29, 1.82) is 0 Å². The first-order valence-corrected chi connectivity index (χ1v) is 6.90. The predicted octanol–water partition coefficient (Wildman–Crippen LogP) is -6.62. The third-order valence-corrected chi connectivity index (χ3v) is 3.70. The molecule has 2 aromatic rings. The molecule has 0 atom stereocenters. The minimum atomic E-state index is -4.91. The van der Waals surface area contributed by atoms with E-state index in [1.54, 1.807) is 0 Å².